The fourth-order valence-corrected chi connectivity index (χ4v) is 4.45. The lowest BCUT2D eigenvalue weighted by molar-refractivity contribution is -0.139. The van der Waals surface area contributed by atoms with Crippen molar-refractivity contribution in [3.63, 3.8) is 0 Å². The molecule has 8 heteroatoms. The maximum Gasteiger partial charge on any atom is 0.228 e. The smallest absolute Gasteiger partial charge is 0.228 e. The van der Waals surface area contributed by atoms with E-state index in [1.54, 1.807) is 16.8 Å². The molecule has 1 saturated heterocycles. The predicted octanol–water partition coefficient (Wildman–Crippen LogP) is 4.69. The van der Waals surface area contributed by atoms with Crippen LogP contribution < -0.4 is 4.90 Å². The Bertz CT molecular complexity index is 1160. The Morgan fingerprint density at radius 3 is 2.47 bits per heavy atom. The second-order valence-electron chi connectivity index (χ2n) is 10.1. The molecule has 34 heavy (non-hydrogen) atoms. The van der Waals surface area contributed by atoms with Crippen molar-refractivity contribution in [3.05, 3.63) is 41.6 Å². The zero-order valence-corrected chi connectivity index (χ0v) is 20.9. The lowest BCUT2D eigenvalue weighted by atomic mass is 9.94. The zero-order valence-electron chi connectivity index (χ0n) is 20.9. The first-order valence-electron chi connectivity index (χ1n) is 12.3. The number of carbonyl (C=O) groups excluding carboxylic acids is 1. The summed E-state index contributed by atoms with van der Waals surface area (Å²) in [5.41, 5.74) is 1.95. The van der Waals surface area contributed by atoms with Crippen LogP contribution in [0.2, 0.25) is 0 Å². The van der Waals surface area contributed by atoms with Crippen LogP contribution in [0.4, 0.5) is 10.2 Å². The van der Waals surface area contributed by atoms with E-state index >= 15 is 0 Å². The van der Waals surface area contributed by atoms with Gasteiger partial charge >= 0.3 is 0 Å². The summed E-state index contributed by atoms with van der Waals surface area (Å²) >= 11 is 0. The number of amides is 1. The molecule has 0 N–H and O–H groups in total. The van der Waals surface area contributed by atoms with Crippen molar-refractivity contribution in [2.24, 2.45) is 5.41 Å². The Hall–Kier alpha value is -3.03. The van der Waals surface area contributed by atoms with Crippen LogP contribution >= 0.6 is 0 Å². The highest BCUT2D eigenvalue weighted by molar-refractivity contribution is 5.91. The third kappa shape index (κ3) is 4.91. The van der Waals surface area contributed by atoms with Gasteiger partial charge in [0.1, 0.15) is 17.5 Å². The van der Waals surface area contributed by atoms with Gasteiger partial charge in [0.05, 0.1) is 16.8 Å². The van der Waals surface area contributed by atoms with Gasteiger partial charge in [-0.2, -0.15) is 5.10 Å². The van der Waals surface area contributed by atoms with E-state index in [1.807, 2.05) is 32.6 Å². The first-order chi connectivity index (χ1) is 16.2. The van der Waals surface area contributed by atoms with Crippen molar-refractivity contribution in [2.45, 2.75) is 60.3 Å². The molecule has 0 spiro atoms. The molecule has 1 aliphatic heterocycles. The first kappa shape index (κ1) is 24.1. The molecule has 0 saturated carbocycles. The minimum Gasteiger partial charge on any atom is -0.354 e. The number of fused-ring (bicyclic) bond motifs is 1. The Morgan fingerprint density at radius 2 is 1.79 bits per heavy atom. The minimum atomic E-state index is -0.391. The van der Waals surface area contributed by atoms with E-state index in [-0.39, 0.29) is 11.7 Å². The number of hydrogen-bond donors (Lipinski definition) is 0. The van der Waals surface area contributed by atoms with Gasteiger partial charge in [-0.15, -0.1) is 0 Å². The molecular formula is C26H35FN6O. The largest absolute Gasteiger partial charge is 0.354 e. The van der Waals surface area contributed by atoms with Crippen molar-refractivity contribution in [1.82, 2.24) is 24.6 Å². The lowest BCUT2D eigenvalue weighted by Gasteiger charge is -2.28. The molecule has 4 rings (SSSR count). The molecule has 0 bridgehead atoms. The Kier molecular flexibility index (Phi) is 6.86. The standard InChI is InChI=1S/C26H35FN6O/c1-6-7-9-21-28-23(31-14-8-15-32(17-16-31)25(34)26(3,4)5)22-18(2)30-33(24(22)29-21)20-12-10-19(27)11-13-20/h10-13H,6-9,14-17H2,1-5H3. The topological polar surface area (TPSA) is 67.2 Å². The number of aromatic nitrogens is 4. The summed E-state index contributed by atoms with van der Waals surface area (Å²) in [6.07, 6.45) is 3.72. The molecule has 1 aliphatic rings. The highest BCUT2D eigenvalue weighted by Crippen LogP contribution is 2.30. The number of benzene rings is 1. The van der Waals surface area contributed by atoms with E-state index in [4.69, 9.17) is 15.1 Å². The third-order valence-corrected chi connectivity index (χ3v) is 6.28. The summed E-state index contributed by atoms with van der Waals surface area (Å²) in [5.74, 6) is 1.58. The summed E-state index contributed by atoms with van der Waals surface area (Å²) in [6.45, 7) is 13.0. The Labute approximate surface area is 201 Å². The molecule has 0 radical (unpaired) electrons. The van der Waals surface area contributed by atoms with E-state index in [9.17, 15) is 9.18 Å². The second kappa shape index (κ2) is 9.68. The van der Waals surface area contributed by atoms with E-state index in [1.165, 1.54) is 12.1 Å². The van der Waals surface area contributed by atoms with Gasteiger partial charge < -0.3 is 9.80 Å². The molecule has 0 atom stereocenters. The van der Waals surface area contributed by atoms with E-state index in [2.05, 4.69) is 11.8 Å². The molecule has 0 aliphatic carbocycles. The molecule has 182 valence electrons. The summed E-state index contributed by atoms with van der Waals surface area (Å²) in [6, 6.07) is 6.31. The molecule has 7 nitrogen and oxygen atoms in total. The molecule has 3 heterocycles. The van der Waals surface area contributed by atoms with Crippen LogP contribution in [0.1, 0.15) is 58.5 Å². The first-order valence-corrected chi connectivity index (χ1v) is 12.3. The van der Waals surface area contributed by atoms with Gasteiger partial charge in [-0.05, 0) is 44.0 Å². The molecule has 3 aromatic rings. The number of nitrogens with zero attached hydrogens (tertiary/aromatic N) is 6. The predicted molar refractivity (Wildman–Crippen MR) is 133 cm³/mol. The summed E-state index contributed by atoms with van der Waals surface area (Å²) in [7, 11) is 0. The van der Waals surface area contributed by atoms with Gasteiger partial charge in [-0.3, -0.25) is 4.79 Å². The van der Waals surface area contributed by atoms with Gasteiger partial charge in [0, 0.05) is 38.0 Å². The number of aryl methyl sites for hydroxylation is 2. The van der Waals surface area contributed by atoms with Crippen molar-refractivity contribution in [2.75, 3.05) is 31.1 Å². The van der Waals surface area contributed by atoms with Crippen molar-refractivity contribution >= 4 is 22.8 Å². The molecule has 1 amide bonds. The van der Waals surface area contributed by atoms with Crippen LogP contribution in [-0.4, -0.2) is 56.7 Å². The molecular weight excluding hydrogens is 431 g/mol. The van der Waals surface area contributed by atoms with Crippen LogP contribution in [0.15, 0.2) is 24.3 Å². The number of carbonyl (C=O) groups is 1. The maximum atomic E-state index is 13.5. The number of anilines is 1. The fraction of sp³-hybridized carbons (Fsp3) is 0.538. The third-order valence-electron chi connectivity index (χ3n) is 6.28. The molecule has 1 aromatic carbocycles. The van der Waals surface area contributed by atoms with E-state index in [0.29, 0.717) is 13.1 Å². The monoisotopic (exact) mass is 466 g/mol. The van der Waals surface area contributed by atoms with Crippen LogP contribution in [-0.2, 0) is 11.2 Å². The molecule has 0 unspecified atom stereocenters. The molecule has 2 aromatic heterocycles. The zero-order chi connectivity index (χ0) is 24.5. The van der Waals surface area contributed by atoms with E-state index in [0.717, 1.165) is 72.8 Å². The van der Waals surface area contributed by atoms with Crippen LogP contribution in [0, 0.1) is 18.2 Å². The average molecular weight is 467 g/mol. The van der Waals surface area contributed by atoms with Gasteiger partial charge in [0.25, 0.3) is 0 Å². The Balaban J connectivity index is 1.75. The quantitative estimate of drug-likeness (QED) is 0.546. The van der Waals surface area contributed by atoms with Crippen LogP contribution in [0.5, 0.6) is 0 Å². The second-order valence-corrected chi connectivity index (χ2v) is 10.1. The van der Waals surface area contributed by atoms with Crippen molar-refractivity contribution < 1.29 is 9.18 Å². The molecule has 1 fully saturated rings. The van der Waals surface area contributed by atoms with Gasteiger partial charge in [-0.1, -0.05) is 34.1 Å². The van der Waals surface area contributed by atoms with Crippen LogP contribution in [0.3, 0.4) is 0 Å². The van der Waals surface area contributed by atoms with Crippen LogP contribution in [0.25, 0.3) is 16.7 Å². The number of unbranched alkanes of at least 4 members (excludes halogenated alkanes) is 1. The Morgan fingerprint density at radius 1 is 1.06 bits per heavy atom. The van der Waals surface area contributed by atoms with E-state index < -0.39 is 5.41 Å². The van der Waals surface area contributed by atoms with Crippen molar-refractivity contribution in [1.29, 1.82) is 0 Å². The average Bonchev–Trinajstić information content (AvgIpc) is 2.97. The summed E-state index contributed by atoms with van der Waals surface area (Å²) in [5, 5.41) is 5.68. The van der Waals surface area contributed by atoms with Gasteiger partial charge in [-0.25, -0.2) is 19.0 Å². The van der Waals surface area contributed by atoms with Crippen molar-refractivity contribution in [3.8, 4) is 5.69 Å². The highest BCUT2D eigenvalue weighted by atomic mass is 19.1. The minimum absolute atomic E-state index is 0.186. The fourth-order valence-electron chi connectivity index (χ4n) is 4.45. The maximum absolute atomic E-state index is 13.5. The highest BCUT2D eigenvalue weighted by Gasteiger charge is 2.30. The SMILES string of the molecule is CCCCc1nc(N2CCCN(C(=O)C(C)(C)C)CC2)c2c(C)nn(-c3ccc(F)cc3)c2n1. The lowest BCUT2D eigenvalue weighted by Crippen LogP contribution is -2.41. The number of halogens is 1. The van der Waals surface area contributed by atoms with Gasteiger partial charge in [0.15, 0.2) is 5.65 Å². The van der Waals surface area contributed by atoms with Gasteiger partial charge in [0.2, 0.25) is 5.91 Å². The summed E-state index contributed by atoms with van der Waals surface area (Å²) < 4.78 is 15.3. The normalized spacial score (nSPS) is 15.1. The number of rotatable bonds is 5. The number of hydrogen-bond acceptors (Lipinski definition) is 5. The summed E-state index contributed by atoms with van der Waals surface area (Å²) in [4.78, 5) is 27.0.